The van der Waals surface area contributed by atoms with Crippen molar-refractivity contribution in [2.24, 2.45) is 10.8 Å². The third kappa shape index (κ3) is 11.8. The summed E-state index contributed by atoms with van der Waals surface area (Å²) < 4.78 is 5.90. The minimum atomic E-state index is -0.103. The van der Waals surface area contributed by atoms with Gasteiger partial charge in [-0.1, -0.05) is 51.3 Å². The van der Waals surface area contributed by atoms with Crippen molar-refractivity contribution in [2.45, 2.75) is 52.1 Å². The monoisotopic (exact) mass is 420 g/mol. The quantitative estimate of drug-likeness (QED) is 0.234. The lowest BCUT2D eigenvalue weighted by molar-refractivity contribution is -0.121. The molecule has 0 fully saturated rings. The number of hydrogen-bond acceptors (Lipinski definition) is 6. The molecule has 0 atom stereocenters. The van der Waals surface area contributed by atoms with Gasteiger partial charge in [-0.05, 0) is 19.7 Å². The maximum absolute atomic E-state index is 12.1. The van der Waals surface area contributed by atoms with Crippen LogP contribution in [0.5, 0.6) is 0 Å². The molecule has 0 bridgehead atoms. The Morgan fingerprint density at radius 2 is 1.76 bits per heavy atom. The molecule has 0 spiro atoms. The van der Waals surface area contributed by atoms with Crippen molar-refractivity contribution in [3.05, 3.63) is 18.0 Å². The lowest BCUT2D eigenvalue weighted by Crippen LogP contribution is -2.38. The Morgan fingerprint density at radius 1 is 1.14 bits per heavy atom. The molecule has 0 unspecified atom stereocenters. The maximum Gasteiger partial charge on any atom is 0.220 e. The number of nitrogens with zero attached hydrogens (tertiary/aromatic N) is 2. The van der Waals surface area contributed by atoms with E-state index in [1.807, 2.05) is 13.3 Å². The third-order valence-corrected chi connectivity index (χ3v) is 4.73. The fourth-order valence-corrected chi connectivity index (χ4v) is 2.91. The summed E-state index contributed by atoms with van der Waals surface area (Å²) in [6.45, 7) is 11.4. The highest BCUT2D eigenvalue weighted by Gasteiger charge is 2.22. The van der Waals surface area contributed by atoms with E-state index in [9.17, 15) is 4.79 Å². The molecule has 0 radical (unpaired) electrons. The zero-order valence-corrected chi connectivity index (χ0v) is 19.5. The third-order valence-electron chi connectivity index (χ3n) is 4.15. The van der Waals surface area contributed by atoms with Crippen LogP contribution in [0.3, 0.4) is 0 Å². The molecule has 1 aromatic rings. The Hall–Kier alpha value is -1.62. The van der Waals surface area contributed by atoms with Gasteiger partial charge in [0.15, 0.2) is 5.16 Å². The average molecular weight is 421 g/mol. The van der Waals surface area contributed by atoms with Crippen LogP contribution >= 0.6 is 11.8 Å². The van der Waals surface area contributed by atoms with Gasteiger partial charge in [0.2, 0.25) is 5.91 Å². The predicted molar refractivity (Wildman–Crippen MR) is 120 cm³/mol. The normalized spacial score (nSPS) is 11.7. The van der Waals surface area contributed by atoms with Crippen LogP contribution in [0.25, 0.3) is 0 Å². The number of aromatic nitrogens is 2. The molecule has 1 heterocycles. The number of thioether (sulfide) groups is 1. The summed E-state index contributed by atoms with van der Waals surface area (Å²) in [6, 6.07) is 0. The Morgan fingerprint density at radius 3 is 2.34 bits per heavy atom. The Labute approximate surface area is 180 Å². The SMILES string of the molecule is CNCC(C)(C)COCC(C)(C)CNC(=O)CCCC#Cc1cnc(SC)nc1. The van der Waals surface area contributed by atoms with Gasteiger partial charge in [0.1, 0.15) is 0 Å². The molecule has 6 nitrogen and oxygen atoms in total. The number of unbranched alkanes of at least 4 members (excludes halogenated alkanes) is 1. The van der Waals surface area contributed by atoms with Gasteiger partial charge in [0, 0.05) is 49.2 Å². The predicted octanol–water partition coefficient (Wildman–Crippen LogP) is 3.12. The van der Waals surface area contributed by atoms with E-state index >= 15 is 0 Å². The van der Waals surface area contributed by atoms with Crippen LogP contribution in [0.1, 0.15) is 52.5 Å². The first kappa shape index (κ1) is 25.4. The highest BCUT2D eigenvalue weighted by molar-refractivity contribution is 7.98. The van der Waals surface area contributed by atoms with E-state index < -0.39 is 0 Å². The lowest BCUT2D eigenvalue weighted by atomic mass is 9.93. The molecule has 0 saturated carbocycles. The topological polar surface area (TPSA) is 76.1 Å². The zero-order chi connectivity index (χ0) is 21.8. The van der Waals surface area contributed by atoms with E-state index in [1.165, 1.54) is 11.8 Å². The van der Waals surface area contributed by atoms with E-state index in [1.54, 1.807) is 12.4 Å². The van der Waals surface area contributed by atoms with Crippen LogP contribution in [0, 0.1) is 22.7 Å². The first-order chi connectivity index (χ1) is 13.7. The molecule has 1 aromatic heterocycles. The van der Waals surface area contributed by atoms with Crippen molar-refractivity contribution in [3.8, 4) is 11.8 Å². The summed E-state index contributed by atoms with van der Waals surface area (Å²) in [7, 11) is 1.95. The molecule has 1 rings (SSSR count). The van der Waals surface area contributed by atoms with Crippen LogP contribution in [0.15, 0.2) is 17.6 Å². The summed E-state index contributed by atoms with van der Waals surface area (Å²) in [4.78, 5) is 20.5. The van der Waals surface area contributed by atoms with Crippen molar-refractivity contribution in [2.75, 3.05) is 39.6 Å². The average Bonchev–Trinajstić information content (AvgIpc) is 2.66. The highest BCUT2D eigenvalue weighted by Crippen LogP contribution is 2.18. The molecule has 1 amide bonds. The van der Waals surface area contributed by atoms with Gasteiger partial charge < -0.3 is 15.4 Å². The van der Waals surface area contributed by atoms with Crippen LogP contribution in [0.4, 0.5) is 0 Å². The summed E-state index contributed by atoms with van der Waals surface area (Å²) in [6.07, 6.45) is 7.27. The molecule has 162 valence electrons. The second-order valence-electron chi connectivity index (χ2n) is 8.74. The summed E-state index contributed by atoms with van der Waals surface area (Å²) in [5.41, 5.74) is 0.790. The van der Waals surface area contributed by atoms with Gasteiger partial charge in [0.25, 0.3) is 0 Å². The van der Waals surface area contributed by atoms with Gasteiger partial charge in [-0.25, -0.2) is 9.97 Å². The smallest absolute Gasteiger partial charge is 0.220 e. The Kier molecular flexibility index (Phi) is 11.3. The lowest BCUT2D eigenvalue weighted by Gasteiger charge is -2.29. The number of amides is 1. The standard InChI is InChI=1S/C22H36N4O2S/c1-21(2,14-23-5)16-28-17-22(3,4)15-26-19(27)11-9-7-8-10-18-12-24-20(29-6)25-13-18/h12-13,23H,7,9,11,14-17H2,1-6H3,(H,26,27). The second kappa shape index (κ2) is 12.8. The van der Waals surface area contributed by atoms with Crippen LogP contribution < -0.4 is 10.6 Å². The number of nitrogens with one attached hydrogen (secondary N) is 2. The van der Waals surface area contributed by atoms with Crippen LogP contribution in [-0.4, -0.2) is 55.5 Å². The number of carbonyl (C=O) groups is 1. The molecule has 29 heavy (non-hydrogen) atoms. The molecule has 0 aliphatic rings. The Bertz CT molecular complexity index is 678. The van der Waals surface area contributed by atoms with E-state index in [-0.39, 0.29) is 16.7 Å². The molecule has 7 heteroatoms. The van der Waals surface area contributed by atoms with E-state index in [0.717, 1.165) is 23.7 Å². The maximum atomic E-state index is 12.1. The summed E-state index contributed by atoms with van der Waals surface area (Å²) in [5, 5.41) is 6.94. The van der Waals surface area contributed by atoms with Crippen LogP contribution in [-0.2, 0) is 9.53 Å². The van der Waals surface area contributed by atoms with Crippen molar-refractivity contribution in [3.63, 3.8) is 0 Å². The molecule has 0 aromatic carbocycles. The summed E-state index contributed by atoms with van der Waals surface area (Å²) in [5.74, 6) is 6.17. The largest absolute Gasteiger partial charge is 0.380 e. The number of carbonyl (C=O) groups excluding carboxylic acids is 1. The van der Waals surface area contributed by atoms with Crippen LogP contribution in [0.2, 0.25) is 0 Å². The van der Waals surface area contributed by atoms with Crippen molar-refractivity contribution >= 4 is 17.7 Å². The first-order valence-corrected chi connectivity index (χ1v) is 11.2. The van der Waals surface area contributed by atoms with Gasteiger partial charge in [-0.15, -0.1) is 0 Å². The van der Waals surface area contributed by atoms with Gasteiger partial charge in [-0.2, -0.15) is 0 Å². The van der Waals surface area contributed by atoms with Crippen molar-refractivity contribution in [1.29, 1.82) is 0 Å². The van der Waals surface area contributed by atoms with Crippen molar-refractivity contribution in [1.82, 2.24) is 20.6 Å². The minimum Gasteiger partial charge on any atom is -0.380 e. The molecular formula is C22H36N4O2S. The minimum absolute atomic E-state index is 0.0584. The number of hydrogen-bond donors (Lipinski definition) is 2. The van der Waals surface area contributed by atoms with E-state index in [2.05, 4.69) is 60.1 Å². The fourth-order valence-electron chi connectivity index (χ4n) is 2.60. The molecule has 0 aliphatic heterocycles. The highest BCUT2D eigenvalue weighted by atomic mass is 32.2. The fraction of sp³-hybridized carbons (Fsp3) is 0.682. The van der Waals surface area contributed by atoms with E-state index in [4.69, 9.17) is 4.74 Å². The first-order valence-electron chi connectivity index (χ1n) is 10.0. The van der Waals surface area contributed by atoms with Gasteiger partial charge in [-0.3, -0.25) is 4.79 Å². The summed E-state index contributed by atoms with van der Waals surface area (Å²) >= 11 is 1.50. The number of ether oxygens (including phenoxy) is 1. The Balaban J connectivity index is 2.23. The van der Waals surface area contributed by atoms with Crippen molar-refractivity contribution < 1.29 is 9.53 Å². The molecule has 0 saturated heterocycles. The molecule has 0 aliphatic carbocycles. The van der Waals surface area contributed by atoms with E-state index in [0.29, 0.717) is 32.6 Å². The second-order valence-corrected chi connectivity index (χ2v) is 9.52. The van der Waals surface area contributed by atoms with Gasteiger partial charge in [0.05, 0.1) is 18.8 Å². The number of rotatable bonds is 12. The van der Waals surface area contributed by atoms with Gasteiger partial charge >= 0.3 is 0 Å². The molecular weight excluding hydrogens is 384 g/mol. The zero-order valence-electron chi connectivity index (χ0n) is 18.7. The molecule has 2 N–H and O–H groups in total.